The lowest BCUT2D eigenvalue weighted by Gasteiger charge is -2.08. The van der Waals surface area contributed by atoms with E-state index in [-0.39, 0.29) is 19.3 Å². The highest BCUT2D eigenvalue weighted by Gasteiger charge is 2.26. The molecule has 0 aliphatic carbocycles. The van der Waals surface area contributed by atoms with E-state index in [1.807, 2.05) is 0 Å². The molecule has 0 aromatic heterocycles. The van der Waals surface area contributed by atoms with Crippen molar-refractivity contribution in [3.8, 4) is 0 Å². The fourth-order valence-electron chi connectivity index (χ4n) is 0.457. The summed E-state index contributed by atoms with van der Waals surface area (Å²) in [6, 6.07) is -0.205. The Morgan fingerprint density at radius 2 is 2.00 bits per heavy atom. The van der Waals surface area contributed by atoms with Crippen molar-refractivity contribution < 1.29 is 17.9 Å². The Kier molecular flexibility index (Phi) is 4.44. The minimum absolute atomic E-state index is 0.177. The van der Waals surface area contributed by atoms with E-state index >= 15 is 0 Å². The Balaban J connectivity index is 3.15. The Labute approximate surface area is 63.5 Å². The predicted octanol–water partition coefficient (Wildman–Crippen LogP) is 1.30. The molecule has 11 heavy (non-hydrogen) atoms. The zero-order valence-electron chi connectivity index (χ0n) is 6.32. The van der Waals surface area contributed by atoms with E-state index in [2.05, 4.69) is 4.74 Å². The highest BCUT2D eigenvalue weighted by atomic mass is 19.4. The number of ether oxygens (including phenoxy) is 1. The third-order valence-electron chi connectivity index (χ3n) is 0.911. The normalized spacial score (nSPS) is 15.0. The lowest BCUT2D eigenvalue weighted by Crippen LogP contribution is -2.23. The second-order valence-electron chi connectivity index (χ2n) is 2.42. The summed E-state index contributed by atoms with van der Waals surface area (Å²) in [6.07, 6.45) is -5.03. The van der Waals surface area contributed by atoms with Crippen molar-refractivity contribution in [1.82, 2.24) is 0 Å². The van der Waals surface area contributed by atoms with Crippen LogP contribution in [0.1, 0.15) is 13.3 Å². The summed E-state index contributed by atoms with van der Waals surface area (Å²) in [5.74, 6) is 0. The van der Waals surface area contributed by atoms with E-state index in [1.54, 1.807) is 6.92 Å². The third-order valence-corrected chi connectivity index (χ3v) is 0.911. The first-order valence-corrected chi connectivity index (χ1v) is 3.32. The Hall–Kier alpha value is -0.290. The Morgan fingerprint density at radius 3 is 2.36 bits per heavy atom. The average Bonchev–Trinajstić information content (AvgIpc) is 1.78. The lowest BCUT2D eigenvalue weighted by atomic mass is 10.4. The van der Waals surface area contributed by atoms with E-state index in [9.17, 15) is 13.2 Å². The van der Waals surface area contributed by atoms with Gasteiger partial charge in [-0.3, -0.25) is 0 Å². The minimum Gasteiger partial charge on any atom is -0.380 e. The van der Waals surface area contributed by atoms with Crippen molar-refractivity contribution in [2.24, 2.45) is 5.73 Å². The molecule has 0 rings (SSSR count). The number of alkyl halides is 3. The molecule has 0 aromatic carbocycles. The van der Waals surface area contributed by atoms with Crippen molar-refractivity contribution in [2.45, 2.75) is 25.6 Å². The molecule has 0 unspecified atom stereocenters. The van der Waals surface area contributed by atoms with Gasteiger partial charge >= 0.3 is 6.18 Å². The number of nitrogens with two attached hydrogens (primary N) is 1. The number of hydrogen-bond acceptors (Lipinski definition) is 2. The van der Waals surface area contributed by atoms with E-state index in [0.717, 1.165) is 0 Å². The summed E-state index contributed by atoms with van der Waals surface area (Å²) in [7, 11) is 0. The summed E-state index contributed by atoms with van der Waals surface area (Å²) in [5, 5.41) is 0. The summed E-state index contributed by atoms with van der Waals surface area (Å²) >= 11 is 0. The van der Waals surface area contributed by atoms with Gasteiger partial charge in [-0.05, 0) is 6.92 Å². The molecule has 0 fully saturated rings. The number of hydrogen-bond donors (Lipinski definition) is 1. The Morgan fingerprint density at radius 1 is 1.45 bits per heavy atom. The fourth-order valence-corrected chi connectivity index (χ4v) is 0.457. The number of rotatable bonds is 4. The van der Waals surface area contributed by atoms with E-state index in [4.69, 9.17) is 5.73 Å². The molecule has 0 saturated heterocycles. The van der Waals surface area contributed by atoms with Crippen molar-refractivity contribution in [2.75, 3.05) is 13.2 Å². The molecule has 0 bridgehead atoms. The van der Waals surface area contributed by atoms with Crippen molar-refractivity contribution in [3.63, 3.8) is 0 Å². The molecule has 1 atom stereocenters. The first-order chi connectivity index (χ1) is 4.92. The van der Waals surface area contributed by atoms with Crippen LogP contribution in [0.25, 0.3) is 0 Å². The average molecular weight is 171 g/mol. The van der Waals surface area contributed by atoms with Gasteiger partial charge in [-0.15, -0.1) is 0 Å². The molecule has 0 radical (unpaired) electrons. The van der Waals surface area contributed by atoms with Crippen molar-refractivity contribution >= 4 is 0 Å². The molecule has 68 valence electrons. The van der Waals surface area contributed by atoms with Crippen LogP contribution in [0.3, 0.4) is 0 Å². The van der Waals surface area contributed by atoms with Crippen LogP contribution in [0.4, 0.5) is 13.2 Å². The smallest absolute Gasteiger partial charge is 0.380 e. The zero-order valence-corrected chi connectivity index (χ0v) is 6.32. The molecule has 2 N–H and O–H groups in total. The van der Waals surface area contributed by atoms with Gasteiger partial charge < -0.3 is 10.5 Å². The molecule has 2 nitrogen and oxygen atoms in total. The highest BCUT2D eigenvalue weighted by molar-refractivity contribution is 4.51. The minimum atomic E-state index is -4.13. The van der Waals surface area contributed by atoms with Crippen LogP contribution < -0.4 is 5.73 Å². The van der Waals surface area contributed by atoms with Gasteiger partial charge in [0.05, 0.1) is 19.6 Å². The molecule has 5 heteroatoms. The molecule has 0 aromatic rings. The summed E-state index contributed by atoms with van der Waals surface area (Å²) in [6.45, 7) is 1.55. The van der Waals surface area contributed by atoms with Gasteiger partial charge in [-0.1, -0.05) is 0 Å². The maximum absolute atomic E-state index is 11.5. The standard InChI is InChI=1S/C6H12F3NO/c1-5(10)4-11-3-2-6(7,8)9/h5H,2-4,10H2,1H3/t5-/m1/s1. The van der Waals surface area contributed by atoms with Gasteiger partial charge in [-0.2, -0.15) is 13.2 Å². The molecular weight excluding hydrogens is 159 g/mol. The van der Waals surface area contributed by atoms with E-state index in [0.29, 0.717) is 0 Å². The van der Waals surface area contributed by atoms with Crippen molar-refractivity contribution in [1.29, 1.82) is 0 Å². The first-order valence-electron chi connectivity index (χ1n) is 3.32. The molecule has 0 amide bonds. The zero-order chi connectivity index (χ0) is 8.91. The van der Waals surface area contributed by atoms with Gasteiger partial charge in [0.25, 0.3) is 0 Å². The van der Waals surface area contributed by atoms with Crippen LogP contribution in [0.5, 0.6) is 0 Å². The van der Waals surface area contributed by atoms with E-state index in [1.165, 1.54) is 0 Å². The maximum Gasteiger partial charge on any atom is 0.391 e. The van der Waals surface area contributed by atoms with Crippen LogP contribution in [0.15, 0.2) is 0 Å². The Bertz CT molecular complexity index is 102. The van der Waals surface area contributed by atoms with Crippen LogP contribution in [0, 0.1) is 0 Å². The first kappa shape index (κ1) is 10.7. The molecule has 0 saturated carbocycles. The third kappa shape index (κ3) is 9.71. The van der Waals surface area contributed by atoms with Gasteiger partial charge in [0.15, 0.2) is 0 Å². The van der Waals surface area contributed by atoms with Crippen LogP contribution in [-0.2, 0) is 4.74 Å². The number of halogens is 3. The molecule has 0 aliphatic rings. The van der Waals surface area contributed by atoms with Crippen LogP contribution in [-0.4, -0.2) is 25.4 Å². The van der Waals surface area contributed by atoms with Gasteiger partial charge in [0, 0.05) is 6.04 Å². The topological polar surface area (TPSA) is 35.2 Å². The molecule has 0 spiro atoms. The summed E-state index contributed by atoms with van der Waals surface area (Å²) < 4.78 is 39.0. The lowest BCUT2D eigenvalue weighted by molar-refractivity contribution is -0.145. The van der Waals surface area contributed by atoms with Crippen LogP contribution >= 0.6 is 0 Å². The molecular formula is C6H12F3NO. The van der Waals surface area contributed by atoms with Gasteiger partial charge in [0.2, 0.25) is 0 Å². The maximum atomic E-state index is 11.5. The predicted molar refractivity (Wildman–Crippen MR) is 35.1 cm³/mol. The van der Waals surface area contributed by atoms with Gasteiger partial charge in [-0.25, -0.2) is 0 Å². The van der Waals surface area contributed by atoms with Crippen LogP contribution in [0.2, 0.25) is 0 Å². The molecule has 0 heterocycles. The largest absolute Gasteiger partial charge is 0.391 e. The summed E-state index contributed by atoms with van der Waals surface area (Å²) in [4.78, 5) is 0. The highest BCUT2D eigenvalue weighted by Crippen LogP contribution is 2.18. The van der Waals surface area contributed by atoms with Gasteiger partial charge in [0.1, 0.15) is 0 Å². The second kappa shape index (κ2) is 4.56. The van der Waals surface area contributed by atoms with Crippen molar-refractivity contribution in [3.05, 3.63) is 0 Å². The monoisotopic (exact) mass is 171 g/mol. The van der Waals surface area contributed by atoms with E-state index < -0.39 is 12.6 Å². The fraction of sp³-hybridized carbons (Fsp3) is 1.00. The summed E-state index contributed by atoms with van der Waals surface area (Å²) in [5.41, 5.74) is 5.24. The second-order valence-corrected chi connectivity index (χ2v) is 2.42. The molecule has 0 aliphatic heterocycles. The quantitative estimate of drug-likeness (QED) is 0.647. The SMILES string of the molecule is C[C@@H](N)COCCC(F)(F)F.